The van der Waals surface area contributed by atoms with Crippen molar-refractivity contribution in [1.82, 2.24) is 0 Å². The van der Waals surface area contributed by atoms with Crippen molar-refractivity contribution >= 4 is 19.2 Å². The fraction of sp³-hybridized carbons (Fsp3) is 1.00. The first kappa shape index (κ1) is 15.6. The van der Waals surface area contributed by atoms with E-state index in [0.717, 1.165) is 0 Å². The highest BCUT2D eigenvalue weighted by Gasteiger charge is 2.30. The summed E-state index contributed by atoms with van der Waals surface area (Å²) in [7, 11) is -3.36. The van der Waals surface area contributed by atoms with Gasteiger partial charge < -0.3 is 13.9 Å². The van der Waals surface area contributed by atoms with E-state index in [0.29, 0.717) is 0 Å². The number of rotatable bonds is 9. The molecule has 0 aliphatic carbocycles. The number of nitrogens with zero attached hydrogens (tertiary/aromatic N) is 1. The molecule has 0 aliphatic heterocycles. The predicted molar refractivity (Wildman–Crippen MR) is 58.3 cm³/mol. The van der Waals surface area contributed by atoms with Gasteiger partial charge in [-0.15, -0.1) is 21.7 Å². The molecule has 0 aromatic rings. The van der Waals surface area contributed by atoms with E-state index in [1.165, 1.54) is 0 Å². The highest BCUT2D eigenvalue weighted by Crippen LogP contribution is 2.48. The Morgan fingerprint density at radius 2 is 1.88 bits per heavy atom. The van der Waals surface area contributed by atoms with Crippen LogP contribution in [-0.2, 0) is 18.5 Å². The topological polar surface area (TPSA) is 87.9 Å². The Bertz CT molecular complexity index is 253. The van der Waals surface area contributed by atoms with Gasteiger partial charge in [-0.2, -0.15) is 0 Å². The van der Waals surface area contributed by atoms with Gasteiger partial charge in [0.15, 0.2) is 0 Å². The van der Waals surface area contributed by atoms with Crippen LogP contribution in [0.4, 0.5) is 0 Å². The monoisotopic (exact) mass is 275 g/mol. The van der Waals surface area contributed by atoms with Gasteiger partial charge in [0.1, 0.15) is 6.10 Å². The van der Waals surface area contributed by atoms with Gasteiger partial charge in [0, 0.05) is 5.88 Å². The van der Waals surface area contributed by atoms with Gasteiger partial charge >= 0.3 is 7.60 Å². The third-order valence-electron chi connectivity index (χ3n) is 1.49. The summed E-state index contributed by atoms with van der Waals surface area (Å²) in [4.78, 5) is 14.4. The van der Waals surface area contributed by atoms with Gasteiger partial charge in [0.25, 0.3) is 5.09 Å². The fourth-order valence-electron chi connectivity index (χ4n) is 1.02. The van der Waals surface area contributed by atoms with Crippen molar-refractivity contribution in [1.29, 1.82) is 0 Å². The van der Waals surface area contributed by atoms with E-state index >= 15 is 0 Å². The minimum Gasteiger partial charge on any atom is -0.309 e. The third kappa shape index (κ3) is 6.27. The van der Waals surface area contributed by atoms with Gasteiger partial charge in [-0.1, -0.05) is 0 Å². The zero-order chi connectivity index (χ0) is 12.6. The Kier molecular flexibility index (Phi) is 7.66. The van der Waals surface area contributed by atoms with Crippen molar-refractivity contribution in [2.24, 2.45) is 0 Å². The highest BCUT2D eigenvalue weighted by atomic mass is 35.5. The number of hydrogen-bond donors (Lipinski definition) is 0. The maximum absolute atomic E-state index is 12.0. The summed E-state index contributed by atoms with van der Waals surface area (Å²) in [5.74, 6) is -0.162. The average Bonchev–Trinajstić information content (AvgIpc) is 2.16. The van der Waals surface area contributed by atoms with Crippen molar-refractivity contribution in [3.8, 4) is 0 Å². The quantitative estimate of drug-likeness (QED) is 0.277. The standard InChI is InChI=1S/C7H15ClNO6P/c1-3-13-16(12,14-4-2)6-7(5-8)15-9(10)11/h7H,3-6H2,1-2H3. The summed E-state index contributed by atoms with van der Waals surface area (Å²) in [6.45, 7) is 3.67. The molecule has 1 unspecified atom stereocenters. The molecule has 0 fully saturated rings. The highest BCUT2D eigenvalue weighted by molar-refractivity contribution is 7.53. The maximum Gasteiger partial charge on any atom is 0.332 e. The molecule has 96 valence electrons. The van der Waals surface area contributed by atoms with Gasteiger partial charge in [0.05, 0.1) is 19.4 Å². The molecular weight excluding hydrogens is 261 g/mol. The lowest BCUT2D eigenvalue weighted by Gasteiger charge is -2.20. The number of alkyl halides is 1. The number of hydrogen-bond acceptors (Lipinski definition) is 6. The Labute approximate surface area is 98.6 Å². The van der Waals surface area contributed by atoms with Crippen LogP contribution < -0.4 is 0 Å². The Balaban J connectivity index is 4.45. The summed E-state index contributed by atoms with van der Waals surface area (Å²) in [5.41, 5.74) is 0. The van der Waals surface area contributed by atoms with Crippen LogP contribution in [0.5, 0.6) is 0 Å². The summed E-state index contributed by atoms with van der Waals surface area (Å²) in [5, 5.41) is 9.15. The second-order valence-corrected chi connectivity index (χ2v) is 5.15. The molecule has 0 spiro atoms. The molecular formula is C7H15ClNO6P. The molecule has 0 aromatic carbocycles. The molecule has 0 saturated carbocycles. The molecule has 0 heterocycles. The minimum atomic E-state index is -3.36. The Morgan fingerprint density at radius 1 is 1.38 bits per heavy atom. The van der Waals surface area contributed by atoms with Gasteiger partial charge in [0.2, 0.25) is 0 Å². The third-order valence-corrected chi connectivity index (χ3v) is 3.99. The van der Waals surface area contributed by atoms with Gasteiger partial charge in [-0.3, -0.25) is 4.57 Å². The maximum atomic E-state index is 12.0. The van der Waals surface area contributed by atoms with Crippen molar-refractivity contribution < 1.29 is 23.5 Å². The first-order chi connectivity index (χ1) is 7.47. The van der Waals surface area contributed by atoms with Gasteiger partial charge in [-0.25, -0.2) is 0 Å². The zero-order valence-electron chi connectivity index (χ0n) is 9.13. The Hall–Kier alpha value is -0.360. The van der Waals surface area contributed by atoms with E-state index in [4.69, 9.17) is 20.6 Å². The molecule has 7 nitrogen and oxygen atoms in total. The largest absolute Gasteiger partial charge is 0.332 e. The second-order valence-electron chi connectivity index (χ2n) is 2.73. The van der Waals surface area contributed by atoms with E-state index in [9.17, 15) is 14.7 Å². The smallest absolute Gasteiger partial charge is 0.309 e. The molecule has 1 atom stereocenters. The summed E-state index contributed by atoms with van der Waals surface area (Å²) >= 11 is 5.46. The first-order valence-corrected chi connectivity index (χ1v) is 6.99. The van der Waals surface area contributed by atoms with Crippen molar-refractivity contribution in [3.63, 3.8) is 0 Å². The van der Waals surface area contributed by atoms with Gasteiger partial charge in [-0.05, 0) is 13.8 Å². The van der Waals surface area contributed by atoms with Crippen LogP contribution in [0, 0.1) is 10.1 Å². The lowest BCUT2D eigenvalue weighted by molar-refractivity contribution is -0.766. The van der Waals surface area contributed by atoms with Crippen molar-refractivity contribution in [2.45, 2.75) is 20.0 Å². The lowest BCUT2D eigenvalue weighted by Crippen LogP contribution is -2.24. The lowest BCUT2D eigenvalue weighted by atomic mass is 10.5. The second kappa shape index (κ2) is 7.84. The van der Waals surface area contributed by atoms with Crippen LogP contribution in [0.3, 0.4) is 0 Å². The molecule has 0 aromatic heterocycles. The van der Waals surface area contributed by atoms with E-state index in [2.05, 4.69) is 4.84 Å². The molecule has 16 heavy (non-hydrogen) atoms. The van der Waals surface area contributed by atoms with Crippen LogP contribution in [0.1, 0.15) is 13.8 Å². The fourth-order valence-corrected chi connectivity index (χ4v) is 3.10. The molecule has 9 heteroatoms. The Morgan fingerprint density at radius 3 is 2.19 bits per heavy atom. The normalized spacial score (nSPS) is 13.4. The SMILES string of the molecule is CCOP(=O)(CC(CCl)O[N+](=O)[O-])OCC. The molecule has 0 rings (SSSR count). The molecule has 0 N–H and O–H groups in total. The molecule has 0 aliphatic rings. The molecule has 0 saturated heterocycles. The summed E-state index contributed by atoms with van der Waals surface area (Å²) in [6.07, 6.45) is -1.24. The predicted octanol–water partition coefficient (Wildman–Crippen LogP) is 2.07. The average molecular weight is 276 g/mol. The number of halogens is 1. The molecule has 0 bridgehead atoms. The van der Waals surface area contributed by atoms with E-state index in [1.54, 1.807) is 13.8 Å². The molecule has 0 amide bonds. The van der Waals surface area contributed by atoms with Crippen LogP contribution in [-0.4, -0.2) is 36.4 Å². The van der Waals surface area contributed by atoms with E-state index in [-0.39, 0.29) is 25.3 Å². The van der Waals surface area contributed by atoms with E-state index < -0.39 is 18.8 Å². The van der Waals surface area contributed by atoms with Crippen LogP contribution in [0.2, 0.25) is 0 Å². The van der Waals surface area contributed by atoms with Crippen molar-refractivity contribution in [3.05, 3.63) is 10.1 Å². The van der Waals surface area contributed by atoms with Crippen LogP contribution >= 0.6 is 19.2 Å². The molecule has 0 radical (unpaired) electrons. The minimum absolute atomic E-state index is 0.162. The van der Waals surface area contributed by atoms with Crippen LogP contribution in [0.15, 0.2) is 0 Å². The zero-order valence-corrected chi connectivity index (χ0v) is 10.8. The van der Waals surface area contributed by atoms with E-state index in [1.807, 2.05) is 0 Å². The first-order valence-electron chi connectivity index (χ1n) is 4.72. The summed E-state index contributed by atoms with van der Waals surface area (Å²) in [6, 6.07) is 0. The summed E-state index contributed by atoms with van der Waals surface area (Å²) < 4.78 is 21.9. The van der Waals surface area contributed by atoms with Crippen LogP contribution in [0.25, 0.3) is 0 Å². The van der Waals surface area contributed by atoms with Crippen molar-refractivity contribution in [2.75, 3.05) is 25.3 Å².